The van der Waals surface area contributed by atoms with Gasteiger partial charge in [0.2, 0.25) is 0 Å². The normalized spacial score (nSPS) is 34.2. The van der Waals surface area contributed by atoms with Crippen LogP contribution in [0.5, 0.6) is 0 Å². The molecular formula is C20H26O. The molecule has 1 aromatic carbocycles. The van der Waals surface area contributed by atoms with Gasteiger partial charge < -0.3 is 4.74 Å². The summed E-state index contributed by atoms with van der Waals surface area (Å²) in [5.41, 5.74) is 7.05. The lowest BCUT2D eigenvalue weighted by Crippen LogP contribution is -2.47. The van der Waals surface area contributed by atoms with Crippen LogP contribution in [0, 0.1) is 32.1 Å². The zero-order valence-electron chi connectivity index (χ0n) is 14.1. The third-order valence-corrected chi connectivity index (χ3v) is 5.47. The molecule has 0 aliphatic heterocycles. The van der Waals surface area contributed by atoms with Gasteiger partial charge >= 0.3 is 0 Å². The fourth-order valence-electron chi connectivity index (χ4n) is 4.39. The molecule has 0 aromatic heterocycles. The van der Waals surface area contributed by atoms with E-state index in [1.807, 2.05) is 7.11 Å². The van der Waals surface area contributed by atoms with Crippen molar-refractivity contribution in [2.75, 3.05) is 7.11 Å². The van der Waals surface area contributed by atoms with Crippen LogP contribution in [-0.2, 0) is 4.74 Å². The number of hydrogen-bond acceptors (Lipinski definition) is 1. The molecule has 3 aliphatic carbocycles. The van der Waals surface area contributed by atoms with E-state index in [0.29, 0.717) is 5.92 Å². The molecule has 0 unspecified atom stereocenters. The average molecular weight is 282 g/mol. The summed E-state index contributed by atoms with van der Waals surface area (Å²) >= 11 is 0. The van der Waals surface area contributed by atoms with Crippen molar-refractivity contribution < 1.29 is 4.74 Å². The van der Waals surface area contributed by atoms with E-state index in [1.165, 1.54) is 27.8 Å². The molecule has 4 rings (SSSR count). The molecule has 1 nitrogen and oxygen atoms in total. The van der Waals surface area contributed by atoms with Crippen molar-refractivity contribution in [2.45, 2.75) is 46.6 Å². The van der Waals surface area contributed by atoms with Crippen LogP contribution in [0.2, 0.25) is 0 Å². The van der Waals surface area contributed by atoms with Gasteiger partial charge in [-0.2, -0.15) is 0 Å². The Morgan fingerprint density at radius 1 is 1.10 bits per heavy atom. The summed E-state index contributed by atoms with van der Waals surface area (Å²) in [5.74, 6) is 0.374. The molecular weight excluding hydrogens is 256 g/mol. The molecule has 21 heavy (non-hydrogen) atoms. The smallest absolute Gasteiger partial charge is 0.0759 e. The molecule has 1 heteroatoms. The number of methoxy groups -OCH3 is 1. The molecule has 2 bridgehead atoms. The molecule has 3 aliphatic rings. The standard InChI is InChI=1S/C20H26O/c1-13-9-14(2)18(15(3)10-13)17-11-16-7-8-19(17,4)12-20(16,5)21-6/h7-11,16H,12H2,1-6H3/t16-,19-,20-/m1/s1. The van der Waals surface area contributed by atoms with Crippen molar-refractivity contribution >= 4 is 5.57 Å². The molecule has 0 spiro atoms. The van der Waals surface area contributed by atoms with Crippen molar-refractivity contribution in [3.05, 3.63) is 52.6 Å². The molecule has 0 amide bonds. The van der Waals surface area contributed by atoms with E-state index in [4.69, 9.17) is 4.74 Å². The van der Waals surface area contributed by atoms with Crippen LogP contribution in [0.4, 0.5) is 0 Å². The minimum atomic E-state index is -0.0699. The van der Waals surface area contributed by atoms with E-state index in [0.717, 1.165) is 6.42 Å². The summed E-state index contributed by atoms with van der Waals surface area (Å²) in [6, 6.07) is 4.60. The van der Waals surface area contributed by atoms with E-state index in [2.05, 4.69) is 65.0 Å². The Balaban J connectivity index is 2.16. The number of allylic oxidation sites excluding steroid dienone is 2. The first-order valence-corrected chi connectivity index (χ1v) is 7.84. The first-order valence-electron chi connectivity index (χ1n) is 7.84. The highest BCUT2D eigenvalue weighted by Gasteiger charge is 2.48. The fourth-order valence-corrected chi connectivity index (χ4v) is 4.39. The molecule has 3 atom stereocenters. The quantitative estimate of drug-likeness (QED) is 0.694. The van der Waals surface area contributed by atoms with Gasteiger partial charge in [0.05, 0.1) is 5.60 Å². The number of aryl methyl sites for hydroxylation is 3. The number of ether oxygens (including phenoxy) is 1. The van der Waals surface area contributed by atoms with E-state index < -0.39 is 0 Å². The molecule has 1 aromatic rings. The van der Waals surface area contributed by atoms with Gasteiger partial charge in [0.1, 0.15) is 0 Å². The molecule has 0 N–H and O–H groups in total. The van der Waals surface area contributed by atoms with Gasteiger partial charge in [-0.25, -0.2) is 0 Å². The Labute approximate surface area is 128 Å². The Kier molecular flexibility index (Phi) is 3.18. The maximum Gasteiger partial charge on any atom is 0.0759 e. The fraction of sp³-hybridized carbons (Fsp3) is 0.500. The van der Waals surface area contributed by atoms with Gasteiger partial charge in [-0.15, -0.1) is 0 Å². The van der Waals surface area contributed by atoms with E-state index >= 15 is 0 Å². The Hall–Kier alpha value is -1.34. The van der Waals surface area contributed by atoms with Crippen LogP contribution in [-0.4, -0.2) is 12.7 Å². The van der Waals surface area contributed by atoms with Gasteiger partial charge in [0.25, 0.3) is 0 Å². The second kappa shape index (κ2) is 4.58. The topological polar surface area (TPSA) is 9.23 Å². The monoisotopic (exact) mass is 282 g/mol. The lowest BCUT2D eigenvalue weighted by molar-refractivity contribution is -0.0461. The molecule has 0 radical (unpaired) electrons. The Morgan fingerprint density at radius 2 is 1.71 bits per heavy atom. The van der Waals surface area contributed by atoms with Crippen LogP contribution in [0.15, 0.2) is 30.4 Å². The first kappa shape index (κ1) is 14.6. The predicted octanol–water partition coefficient (Wildman–Crippen LogP) is 5.00. The van der Waals surface area contributed by atoms with Gasteiger partial charge in [-0.05, 0) is 56.4 Å². The number of rotatable bonds is 2. The highest BCUT2D eigenvalue weighted by Crippen LogP contribution is 2.55. The molecule has 0 heterocycles. The largest absolute Gasteiger partial charge is 0.378 e. The van der Waals surface area contributed by atoms with Gasteiger partial charge in [-0.1, -0.05) is 42.8 Å². The van der Waals surface area contributed by atoms with Gasteiger partial charge in [0.15, 0.2) is 0 Å². The number of hydrogen-bond donors (Lipinski definition) is 0. The summed E-state index contributed by atoms with van der Waals surface area (Å²) in [4.78, 5) is 0. The van der Waals surface area contributed by atoms with E-state index in [-0.39, 0.29) is 11.0 Å². The summed E-state index contributed by atoms with van der Waals surface area (Å²) in [5, 5.41) is 0. The molecule has 0 fully saturated rings. The van der Waals surface area contributed by atoms with Gasteiger partial charge in [-0.3, -0.25) is 0 Å². The molecule has 112 valence electrons. The van der Waals surface area contributed by atoms with Gasteiger partial charge in [0, 0.05) is 18.4 Å². The Morgan fingerprint density at radius 3 is 2.24 bits per heavy atom. The Bertz CT molecular complexity index is 629. The predicted molar refractivity (Wildman–Crippen MR) is 89.4 cm³/mol. The van der Waals surface area contributed by atoms with Crippen LogP contribution < -0.4 is 0 Å². The van der Waals surface area contributed by atoms with Crippen LogP contribution in [0.3, 0.4) is 0 Å². The molecule has 0 saturated carbocycles. The third-order valence-electron chi connectivity index (χ3n) is 5.47. The number of benzene rings is 1. The summed E-state index contributed by atoms with van der Waals surface area (Å²) < 4.78 is 5.85. The second-order valence-corrected chi connectivity index (χ2v) is 7.35. The van der Waals surface area contributed by atoms with Crippen LogP contribution in [0.1, 0.15) is 42.5 Å². The number of fused-ring (bicyclic) bond motifs is 1. The maximum atomic E-state index is 5.85. The second-order valence-electron chi connectivity index (χ2n) is 7.35. The van der Waals surface area contributed by atoms with E-state index in [1.54, 1.807) is 0 Å². The lowest BCUT2D eigenvalue weighted by Gasteiger charge is -2.50. The van der Waals surface area contributed by atoms with Crippen molar-refractivity contribution in [2.24, 2.45) is 11.3 Å². The zero-order valence-corrected chi connectivity index (χ0v) is 14.1. The summed E-state index contributed by atoms with van der Waals surface area (Å²) in [6.45, 7) is 11.2. The third kappa shape index (κ3) is 2.10. The average Bonchev–Trinajstić information content (AvgIpc) is 2.38. The molecule has 0 saturated heterocycles. The minimum absolute atomic E-state index is 0.0699. The SMILES string of the molecule is CO[C@]1(C)C[C@@]2(C)C=C[C@@H]1C=C2c1c(C)cc(C)cc1C. The summed E-state index contributed by atoms with van der Waals surface area (Å²) in [7, 11) is 1.84. The van der Waals surface area contributed by atoms with Crippen LogP contribution >= 0.6 is 0 Å². The van der Waals surface area contributed by atoms with Crippen molar-refractivity contribution in [3.8, 4) is 0 Å². The van der Waals surface area contributed by atoms with Crippen LogP contribution in [0.25, 0.3) is 5.57 Å². The van der Waals surface area contributed by atoms with Crippen molar-refractivity contribution in [1.29, 1.82) is 0 Å². The summed E-state index contributed by atoms with van der Waals surface area (Å²) in [6.07, 6.45) is 8.22. The first-order chi connectivity index (χ1) is 9.79. The highest BCUT2D eigenvalue weighted by molar-refractivity contribution is 5.79. The minimum Gasteiger partial charge on any atom is -0.378 e. The van der Waals surface area contributed by atoms with Crippen molar-refractivity contribution in [3.63, 3.8) is 0 Å². The lowest BCUT2D eigenvalue weighted by atomic mass is 9.58. The van der Waals surface area contributed by atoms with E-state index in [9.17, 15) is 0 Å². The van der Waals surface area contributed by atoms with Crippen molar-refractivity contribution in [1.82, 2.24) is 0 Å². The highest BCUT2D eigenvalue weighted by atomic mass is 16.5. The zero-order chi connectivity index (χ0) is 15.4. The maximum absolute atomic E-state index is 5.85.